The third kappa shape index (κ3) is 2.74. The van der Waals surface area contributed by atoms with Gasteiger partial charge in [-0.1, -0.05) is 0 Å². The number of furan rings is 1. The highest BCUT2D eigenvalue weighted by atomic mass is 32.2. The molecule has 6 nitrogen and oxygen atoms in total. The minimum absolute atomic E-state index is 0.131. The minimum Gasteiger partial charge on any atom is -0.497 e. The maximum absolute atomic E-state index is 13.1. The van der Waals surface area contributed by atoms with Gasteiger partial charge in [0.05, 0.1) is 18.3 Å². The molecule has 4 rings (SSSR count). The first kappa shape index (κ1) is 17.6. The van der Waals surface area contributed by atoms with Gasteiger partial charge in [-0.2, -0.15) is 4.31 Å². The Labute approximate surface area is 153 Å². The highest BCUT2D eigenvalue weighted by Gasteiger charge is 2.53. The van der Waals surface area contributed by atoms with Gasteiger partial charge in [0.1, 0.15) is 17.1 Å². The number of methoxy groups -OCH3 is 1. The van der Waals surface area contributed by atoms with Crippen LogP contribution in [-0.2, 0) is 15.6 Å². The summed E-state index contributed by atoms with van der Waals surface area (Å²) < 4.78 is 38.2. The second-order valence-electron chi connectivity index (χ2n) is 7.16. The summed E-state index contributed by atoms with van der Waals surface area (Å²) in [6.45, 7) is 0.734. The van der Waals surface area contributed by atoms with Crippen LogP contribution < -0.4 is 4.74 Å². The molecule has 140 valence electrons. The van der Waals surface area contributed by atoms with Crippen molar-refractivity contribution < 1.29 is 22.7 Å². The van der Waals surface area contributed by atoms with Gasteiger partial charge in [0, 0.05) is 19.0 Å². The van der Waals surface area contributed by atoms with Crippen molar-refractivity contribution in [3.8, 4) is 5.75 Å². The normalized spacial score (nSPS) is 29.5. The van der Waals surface area contributed by atoms with Crippen molar-refractivity contribution >= 4 is 10.0 Å². The quantitative estimate of drug-likeness (QED) is 0.886. The molecule has 1 aliphatic carbocycles. The number of sulfonamides is 1. The summed E-state index contributed by atoms with van der Waals surface area (Å²) in [4.78, 5) is 0.249. The fourth-order valence-corrected chi connectivity index (χ4v) is 5.93. The highest BCUT2D eigenvalue weighted by molar-refractivity contribution is 7.89. The van der Waals surface area contributed by atoms with Gasteiger partial charge in [-0.15, -0.1) is 0 Å². The number of ether oxygens (including phenoxy) is 1. The summed E-state index contributed by atoms with van der Waals surface area (Å²) >= 11 is 0. The standard InChI is InChI=1S/C19H23NO5S/c1-24-15-6-8-16(9-7-15)26(22,23)20-12-14-4-2-10-19(21,17(14)13-20)18-5-3-11-25-18/h3,5-9,11,14,17,21H,2,4,10,12-13H2,1H3. The first-order valence-electron chi connectivity index (χ1n) is 8.86. The van der Waals surface area contributed by atoms with E-state index in [9.17, 15) is 13.5 Å². The molecule has 7 heteroatoms. The van der Waals surface area contributed by atoms with E-state index in [1.54, 1.807) is 49.8 Å². The van der Waals surface area contributed by atoms with Crippen LogP contribution in [0.25, 0.3) is 0 Å². The summed E-state index contributed by atoms with van der Waals surface area (Å²) in [6, 6.07) is 9.97. The maximum atomic E-state index is 13.1. The molecule has 2 aliphatic rings. The van der Waals surface area contributed by atoms with Crippen LogP contribution in [0.15, 0.2) is 52.0 Å². The topological polar surface area (TPSA) is 80.0 Å². The third-order valence-corrected chi connectivity index (χ3v) is 7.64. The number of rotatable bonds is 4. The molecule has 2 aromatic rings. The van der Waals surface area contributed by atoms with Gasteiger partial charge in [-0.05, 0) is 61.6 Å². The Morgan fingerprint density at radius 1 is 1.23 bits per heavy atom. The Balaban J connectivity index is 1.62. The monoisotopic (exact) mass is 377 g/mol. The molecule has 26 heavy (non-hydrogen) atoms. The van der Waals surface area contributed by atoms with Crippen LogP contribution >= 0.6 is 0 Å². The molecule has 1 saturated carbocycles. The molecule has 0 amide bonds. The SMILES string of the molecule is COc1ccc(S(=O)(=O)N2CC3CCCC(O)(c4ccco4)C3C2)cc1. The Kier molecular flexibility index (Phi) is 4.33. The lowest BCUT2D eigenvalue weighted by Gasteiger charge is -2.39. The number of nitrogens with zero attached hydrogens (tertiary/aromatic N) is 1. The van der Waals surface area contributed by atoms with E-state index in [0.717, 1.165) is 12.8 Å². The van der Waals surface area contributed by atoms with Crippen LogP contribution in [0.3, 0.4) is 0 Å². The van der Waals surface area contributed by atoms with E-state index in [1.807, 2.05) is 0 Å². The van der Waals surface area contributed by atoms with Crippen molar-refractivity contribution in [2.45, 2.75) is 29.8 Å². The second kappa shape index (κ2) is 6.40. The van der Waals surface area contributed by atoms with Gasteiger partial charge < -0.3 is 14.3 Å². The molecule has 1 saturated heterocycles. The van der Waals surface area contributed by atoms with Gasteiger partial charge in [-0.3, -0.25) is 0 Å². The van der Waals surface area contributed by atoms with Crippen molar-refractivity contribution in [3.63, 3.8) is 0 Å². The average molecular weight is 377 g/mol. The summed E-state index contributed by atoms with van der Waals surface area (Å²) in [5, 5.41) is 11.3. The van der Waals surface area contributed by atoms with E-state index in [-0.39, 0.29) is 16.7 Å². The Bertz CT molecular complexity index is 862. The molecule has 2 fully saturated rings. The van der Waals surface area contributed by atoms with Crippen molar-refractivity contribution in [3.05, 3.63) is 48.4 Å². The first-order valence-corrected chi connectivity index (χ1v) is 10.3. The predicted octanol–water partition coefficient (Wildman–Crippen LogP) is 2.60. The van der Waals surface area contributed by atoms with Gasteiger partial charge in [-0.25, -0.2) is 8.42 Å². The van der Waals surface area contributed by atoms with Crippen LogP contribution in [0, 0.1) is 11.8 Å². The van der Waals surface area contributed by atoms with E-state index in [2.05, 4.69) is 0 Å². The van der Waals surface area contributed by atoms with Crippen LogP contribution in [0.2, 0.25) is 0 Å². The predicted molar refractivity (Wildman–Crippen MR) is 95.2 cm³/mol. The Morgan fingerprint density at radius 2 is 2.00 bits per heavy atom. The maximum Gasteiger partial charge on any atom is 0.243 e. The number of hydrogen-bond donors (Lipinski definition) is 1. The fraction of sp³-hybridized carbons (Fsp3) is 0.474. The van der Waals surface area contributed by atoms with Crippen molar-refractivity contribution in [1.82, 2.24) is 4.31 Å². The molecular weight excluding hydrogens is 354 g/mol. The minimum atomic E-state index is -3.60. The third-order valence-electron chi connectivity index (χ3n) is 5.80. The number of fused-ring (bicyclic) bond motifs is 1. The van der Waals surface area contributed by atoms with Crippen LogP contribution in [0.5, 0.6) is 5.75 Å². The van der Waals surface area contributed by atoms with Crippen molar-refractivity contribution in [2.75, 3.05) is 20.2 Å². The first-order chi connectivity index (χ1) is 12.4. The summed E-state index contributed by atoms with van der Waals surface area (Å²) in [6.07, 6.45) is 3.92. The van der Waals surface area contributed by atoms with Gasteiger partial charge >= 0.3 is 0 Å². The van der Waals surface area contributed by atoms with Crippen molar-refractivity contribution in [1.29, 1.82) is 0 Å². The van der Waals surface area contributed by atoms with Crippen LogP contribution in [-0.4, -0.2) is 38.0 Å². The largest absolute Gasteiger partial charge is 0.497 e. The van der Waals surface area contributed by atoms with Gasteiger partial charge in [0.15, 0.2) is 0 Å². The molecule has 3 atom stereocenters. The van der Waals surface area contributed by atoms with E-state index in [4.69, 9.17) is 9.15 Å². The second-order valence-corrected chi connectivity index (χ2v) is 9.10. The van der Waals surface area contributed by atoms with Crippen LogP contribution in [0.4, 0.5) is 0 Å². The van der Waals surface area contributed by atoms with E-state index < -0.39 is 15.6 Å². The molecule has 2 heterocycles. The average Bonchev–Trinajstić information content (AvgIpc) is 3.33. The summed E-state index contributed by atoms with van der Waals surface area (Å²) in [7, 11) is -2.06. The number of hydrogen-bond acceptors (Lipinski definition) is 5. The van der Waals surface area contributed by atoms with E-state index in [0.29, 0.717) is 31.0 Å². The molecule has 1 aromatic heterocycles. The number of benzene rings is 1. The zero-order chi connectivity index (χ0) is 18.4. The zero-order valence-electron chi connectivity index (χ0n) is 14.7. The van der Waals surface area contributed by atoms with E-state index >= 15 is 0 Å². The molecule has 1 N–H and O–H groups in total. The zero-order valence-corrected chi connectivity index (χ0v) is 15.5. The Morgan fingerprint density at radius 3 is 2.65 bits per heavy atom. The molecule has 3 unspecified atom stereocenters. The molecule has 0 bridgehead atoms. The summed E-state index contributed by atoms with van der Waals surface area (Å²) in [5.41, 5.74) is -1.10. The Hall–Kier alpha value is -1.83. The van der Waals surface area contributed by atoms with Gasteiger partial charge in [0.2, 0.25) is 10.0 Å². The molecular formula is C19H23NO5S. The van der Waals surface area contributed by atoms with Crippen molar-refractivity contribution in [2.24, 2.45) is 11.8 Å². The van der Waals surface area contributed by atoms with Gasteiger partial charge in [0.25, 0.3) is 0 Å². The smallest absolute Gasteiger partial charge is 0.243 e. The van der Waals surface area contributed by atoms with E-state index in [1.165, 1.54) is 4.31 Å². The lowest BCUT2D eigenvalue weighted by atomic mass is 9.69. The van der Waals surface area contributed by atoms with Crippen LogP contribution in [0.1, 0.15) is 25.0 Å². The molecule has 1 aromatic carbocycles. The lowest BCUT2D eigenvalue weighted by molar-refractivity contribution is -0.0795. The lowest BCUT2D eigenvalue weighted by Crippen LogP contribution is -2.42. The highest BCUT2D eigenvalue weighted by Crippen LogP contribution is 2.49. The fourth-order valence-electron chi connectivity index (χ4n) is 4.41. The molecule has 0 spiro atoms. The number of aliphatic hydroxyl groups is 1. The molecule has 0 radical (unpaired) electrons. The summed E-state index contributed by atoms with van der Waals surface area (Å²) in [5.74, 6) is 1.13. The molecule has 1 aliphatic heterocycles.